The number of carbonyl (C=O) groups is 3. The number of halogens is 2. The number of hydrogen-bond acceptors (Lipinski definition) is 5. The van der Waals surface area contributed by atoms with E-state index in [0.717, 1.165) is 0 Å². The van der Waals surface area contributed by atoms with Gasteiger partial charge in [-0.1, -0.05) is 0 Å². The van der Waals surface area contributed by atoms with Crippen LogP contribution in [0, 0.1) is 5.92 Å². The van der Waals surface area contributed by atoms with E-state index in [-0.39, 0.29) is 42.3 Å². The molecule has 3 rings (SSSR count). The number of ether oxygens (including phenoxy) is 2. The van der Waals surface area contributed by atoms with Crippen molar-refractivity contribution in [1.29, 1.82) is 0 Å². The van der Waals surface area contributed by atoms with E-state index < -0.39 is 18.5 Å². The largest absolute Gasteiger partial charge is 0.490 e. The minimum absolute atomic E-state index is 0.0353. The molecule has 0 heterocycles. The summed E-state index contributed by atoms with van der Waals surface area (Å²) in [4.78, 5) is 35.4. The fraction of sp³-hybridized carbons (Fsp3) is 0.375. The molecule has 0 aliphatic heterocycles. The quantitative estimate of drug-likeness (QED) is 0.453. The summed E-state index contributed by atoms with van der Waals surface area (Å²) in [5.74, 6) is -1.20. The minimum atomic E-state index is -2.93. The summed E-state index contributed by atoms with van der Waals surface area (Å²) in [6.45, 7) is -2.56. The van der Waals surface area contributed by atoms with E-state index in [1.807, 2.05) is 0 Å². The monoisotopic (exact) mass is 476 g/mol. The van der Waals surface area contributed by atoms with E-state index in [9.17, 15) is 23.2 Å². The van der Waals surface area contributed by atoms with Crippen molar-refractivity contribution in [2.24, 2.45) is 5.92 Å². The summed E-state index contributed by atoms with van der Waals surface area (Å²) >= 11 is 0. The Bertz CT molecular complexity index is 974. The van der Waals surface area contributed by atoms with E-state index in [4.69, 9.17) is 9.84 Å². The Kier molecular flexibility index (Phi) is 8.78. The number of carboxylic acid groups (broad SMARTS) is 1. The minimum Gasteiger partial charge on any atom is -0.490 e. The van der Waals surface area contributed by atoms with Crippen LogP contribution in [0.2, 0.25) is 0 Å². The van der Waals surface area contributed by atoms with Crippen LogP contribution in [-0.4, -0.2) is 48.7 Å². The van der Waals surface area contributed by atoms with Gasteiger partial charge in [0.25, 0.3) is 11.8 Å². The third kappa shape index (κ3) is 7.43. The number of carbonyl (C=O) groups excluding carboxylic acids is 2. The fourth-order valence-corrected chi connectivity index (χ4v) is 3.65. The first-order chi connectivity index (χ1) is 16.3. The maximum Gasteiger partial charge on any atom is 0.387 e. The predicted molar refractivity (Wildman–Crippen MR) is 118 cm³/mol. The molecular formula is C24H26F2N2O6. The molecule has 1 aliphatic carbocycles. The fourth-order valence-electron chi connectivity index (χ4n) is 3.65. The molecule has 0 unspecified atom stereocenters. The van der Waals surface area contributed by atoms with Crippen LogP contribution in [0.15, 0.2) is 48.5 Å². The van der Waals surface area contributed by atoms with Gasteiger partial charge in [-0.25, -0.2) is 0 Å². The maximum atomic E-state index is 12.3. The van der Waals surface area contributed by atoms with Crippen molar-refractivity contribution in [3.8, 4) is 11.5 Å². The van der Waals surface area contributed by atoms with Gasteiger partial charge in [-0.2, -0.15) is 8.78 Å². The molecule has 0 radical (unpaired) electrons. The van der Waals surface area contributed by atoms with Crippen molar-refractivity contribution in [1.82, 2.24) is 10.6 Å². The Hall–Kier alpha value is -3.69. The summed E-state index contributed by atoms with van der Waals surface area (Å²) in [6.07, 6.45) is 2.51. The van der Waals surface area contributed by atoms with Crippen LogP contribution in [0.3, 0.4) is 0 Å². The van der Waals surface area contributed by atoms with E-state index in [1.165, 1.54) is 24.3 Å². The van der Waals surface area contributed by atoms with Gasteiger partial charge in [-0.15, -0.1) is 0 Å². The van der Waals surface area contributed by atoms with Crippen LogP contribution < -0.4 is 20.1 Å². The number of amides is 2. The first-order valence-corrected chi connectivity index (χ1v) is 10.9. The highest BCUT2D eigenvalue weighted by atomic mass is 19.3. The SMILES string of the molecule is O=C(NCCNC(=O)c1ccc(O[C@H]2CC[C@@H](C(=O)O)CC2)cc1)c1ccc(OC(F)F)cc1. The summed E-state index contributed by atoms with van der Waals surface area (Å²) in [5.41, 5.74) is 0.711. The van der Waals surface area contributed by atoms with Crippen molar-refractivity contribution >= 4 is 17.8 Å². The Labute approximate surface area is 195 Å². The van der Waals surface area contributed by atoms with Gasteiger partial charge in [0.2, 0.25) is 0 Å². The molecule has 10 heteroatoms. The molecule has 8 nitrogen and oxygen atoms in total. The molecule has 182 valence electrons. The van der Waals surface area contributed by atoms with Crippen LogP contribution in [0.25, 0.3) is 0 Å². The van der Waals surface area contributed by atoms with E-state index in [2.05, 4.69) is 15.4 Å². The number of alkyl halides is 2. The normalized spacial score (nSPS) is 17.6. The molecule has 0 aromatic heterocycles. The van der Waals surface area contributed by atoms with Gasteiger partial charge in [0.05, 0.1) is 12.0 Å². The van der Waals surface area contributed by atoms with Crippen molar-refractivity contribution in [3.05, 3.63) is 59.7 Å². The van der Waals surface area contributed by atoms with Crippen LogP contribution in [0.1, 0.15) is 46.4 Å². The first kappa shape index (κ1) is 24.9. The van der Waals surface area contributed by atoms with Gasteiger partial charge in [0.15, 0.2) is 0 Å². The van der Waals surface area contributed by atoms with Gasteiger partial charge in [0, 0.05) is 24.2 Å². The van der Waals surface area contributed by atoms with E-state index >= 15 is 0 Å². The van der Waals surface area contributed by atoms with Crippen molar-refractivity contribution in [2.75, 3.05) is 13.1 Å². The third-order valence-corrected chi connectivity index (χ3v) is 5.48. The summed E-state index contributed by atoms with van der Waals surface area (Å²) in [7, 11) is 0. The molecule has 0 saturated heterocycles. The zero-order valence-electron chi connectivity index (χ0n) is 18.3. The Morgan fingerprint density at radius 3 is 1.74 bits per heavy atom. The van der Waals surface area contributed by atoms with Crippen LogP contribution in [0.4, 0.5) is 8.78 Å². The summed E-state index contributed by atoms with van der Waals surface area (Å²) < 4.78 is 34.5. The second kappa shape index (κ2) is 12.0. The van der Waals surface area contributed by atoms with Gasteiger partial charge < -0.3 is 25.2 Å². The summed E-state index contributed by atoms with van der Waals surface area (Å²) in [5, 5.41) is 14.4. The molecule has 1 aliphatic rings. The highest BCUT2D eigenvalue weighted by Crippen LogP contribution is 2.28. The average molecular weight is 476 g/mol. The predicted octanol–water partition coefficient (Wildman–Crippen LogP) is 3.47. The molecule has 34 heavy (non-hydrogen) atoms. The Morgan fingerprint density at radius 1 is 0.824 bits per heavy atom. The number of carboxylic acids is 1. The van der Waals surface area contributed by atoms with Gasteiger partial charge >= 0.3 is 12.6 Å². The van der Waals surface area contributed by atoms with Gasteiger partial charge in [-0.05, 0) is 74.2 Å². The highest BCUT2D eigenvalue weighted by molar-refractivity contribution is 5.95. The summed E-state index contributed by atoms with van der Waals surface area (Å²) in [6, 6.07) is 11.9. The first-order valence-electron chi connectivity index (χ1n) is 10.9. The van der Waals surface area contributed by atoms with Crippen LogP contribution >= 0.6 is 0 Å². The van der Waals surface area contributed by atoms with Crippen LogP contribution in [0.5, 0.6) is 11.5 Å². The van der Waals surface area contributed by atoms with Crippen molar-refractivity contribution < 1.29 is 37.7 Å². The number of nitrogens with one attached hydrogen (secondary N) is 2. The molecular weight excluding hydrogens is 450 g/mol. The van der Waals surface area contributed by atoms with E-state index in [0.29, 0.717) is 37.0 Å². The smallest absolute Gasteiger partial charge is 0.387 e. The molecule has 1 fully saturated rings. The second-order valence-electron chi connectivity index (χ2n) is 7.87. The lowest BCUT2D eigenvalue weighted by Gasteiger charge is -2.26. The lowest BCUT2D eigenvalue weighted by molar-refractivity contribution is -0.143. The average Bonchev–Trinajstić information content (AvgIpc) is 2.82. The lowest BCUT2D eigenvalue weighted by atomic mass is 9.87. The Morgan fingerprint density at radius 2 is 1.29 bits per heavy atom. The number of benzene rings is 2. The zero-order valence-corrected chi connectivity index (χ0v) is 18.3. The standard InChI is InChI=1S/C24H26F2N2O6/c25-24(26)34-20-9-3-16(4-10-20)22(30)28-14-13-27-21(29)15-1-7-18(8-2-15)33-19-11-5-17(6-12-19)23(31)32/h1-4,7-10,17,19,24H,5-6,11-14H2,(H,27,29)(H,28,30)(H,31,32)/t17-,19+. The van der Waals surface area contributed by atoms with Gasteiger partial charge in [0.1, 0.15) is 11.5 Å². The highest BCUT2D eigenvalue weighted by Gasteiger charge is 2.26. The lowest BCUT2D eigenvalue weighted by Crippen LogP contribution is -2.34. The molecule has 3 N–H and O–H groups in total. The Balaban J connectivity index is 1.37. The topological polar surface area (TPSA) is 114 Å². The van der Waals surface area contributed by atoms with E-state index in [1.54, 1.807) is 24.3 Å². The number of aliphatic carboxylic acids is 1. The molecule has 2 aromatic carbocycles. The maximum absolute atomic E-state index is 12.3. The second-order valence-corrected chi connectivity index (χ2v) is 7.87. The zero-order chi connectivity index (χ0) is 24.5. The van der Waals surface area contributed by atoms with Crippen LogP contribution in [-0.2, 0) is 4.79 Å². The molecule has 1 saturated carbocycles. The van der Waals surface area contributed by atoms with Gasteiger partial charge in [-0.3, -0.25) is 14.4 Å². The van der Waals surface area contributed by atoms with Crippen molar-refractivity contribution in [3.63, 3.8) is 0 Å². The molecule has 2 amide bonds. The molecule has 2 aromatic rings. The number of hydrogen-bond donors (Lipinski definition) is 3. The molecule has 0 atom stereocenters. The molecule has 0 bridgehead atoms. The molecule has 0 spiro atoms. The van der Waals surface area contributed by atoms with Crippen molar-refractivity contribution in [2.45, 2.75) is 38.4 Å². The number of rotatable bonds is 10. The third-order valence-electron chi connectivity index (χ3n) is 5.48.